The van der Waals surface area contributed by atoms with Gasteiger partial charge in [0.2, 0.25) is 5.78 Å². The maximum Gasteiger partial charge on any atom is 0.336 e. The molecule has 0 heterocycles. The van der Waals surface area contributed by atoms with E-state index in [0.717, 1.165) is 6.92 Å². The summed E-state index contributed by atoms with van der Waals surface area (Å²) >= 11 is 0. The van der Waals surface area contributed by atoms with Crippen LogP contribution in [0.25, 0.3) is 0 Å². The zero-order valence-electron chi connectivity index (χ0n) is 8.24. The highest BCUT2D eigenvalue weighted by Gasteiger charge is 2.33. The number of aliphatic hydroxyl groups excluding tert-OH is 1. The number of aliphatic carboxylic acids is 2. The lowest BCUT2D eigenvalue weighted by Gasteiger charge is -2.15. The quantitative estimate of drug-likeness (QED) is 0.432. The van der Waals surface area contributed by atoms with Crippen molar-refractivity contribution in [2.24, 2.45) is 0 Å². The number of rotatable bonds is 7. The lowest BCUT2D eigenvalue weighted by molar-refractivity contribution is -0.172. The summed E-state index contributed by atoms with van der Waals surface area (Å²) < 4.78 is 4.35. The summed E-state index contributed by atoms with van der Waals surface area (Å²) in [7, 11) is 0. The van der Waals surface area contributed by atoms with E-state index < -0.39 is 42.3 Å². The Labute approximate surface area is 89.4 Å². The van der Waals surface area contributed by atoms with Gasteiger partial charge in [0.05, 0.1) is 0 Å². The fourth-order valence-electron chi connectivity index (χ4n) is 0.694. The molecule has 0 aromatic carbocycles. The molecular weight excluding hydrogens is 224 g/mol. The summed E-state index contributed by atoms with van der Waals surface area (Å²) in [4.78, 5) is 42.0. The molecule has 8 nitrogen and oxygen atoms in total. The maximum absolute atomic E-state index is 10.8. The van der Waals surface area contributed by atoms with Crippen LogP contribution in [0.15, 0.2) is 0 Å². The Morgan fingerprint density at radius 1 is 1.12 bits per heavy atom. The van der Waals surface area contributed by atoms with E-state index in [-0.39, 0.29) is 0 Å². The van der Waals surface area contributed by atoms with Gasteiger partial charge in [0, 0.05) is 6.92 Å². The van der Waals surface area contributed by atoms with Gasteiger partial charge in [0.1, 0.15) is 6.61 Å². The van der Waals surface area contributed by atoms with E-state index in [4.69, 9.17) is 15.3 Å². The molecule has 0 aliphatic heterocycles. The third kappa shape index (κ3) is 4.15. The second kappa shape index (κ2) is 5.93. The number of hydrogen-bond acceptors (Lipinski definition) is 6. The summed E-state index contributed by atoms with van der Waals surface area (Å²) in [6.07, 6.45) is -4.40. The molecular formula is C8H10O8. The average molecular weight is 234 g/mol. The van der Waals surface area contributed by atoms with E-state index in [1.165, 1.54) is 0 Å². The van der Waals surface area contributed by atoms with Crippen LogP contribution in [0.3, 0.4) is 0 Å². The molecule has 0 aliphatic carbocycles. The molecule has 2 unspecified atom stereocenters. The third-order valence-corrected chi connectivity index (χ3v) is 1.57. The zero-order valence-corrected chi connectivity index (χ0v) is 8.24. The van der Waals surface area contributed by atoms with Gasteiger partial charge in [-0.2, -0.15) is 0 Å². The number of carbonyl (C=O) groups excluding carboxylic acids is 2. The van der Waals surface area contributed by atoms with Crippen LogP contribution in [-0.2, 0) is 23.9 Å². The Kier molecular flexibility index (Phi) is 5.26. The van der Waals surface area contributed by atoms with Crippen molar-refractivity contribution in [3.8, 4) is 0 Å². The van der Waals surface area contributed by atoms with Crippen molar-refractivity contribution in [1.82, 2.24) is 0 Å². The molecule has 0 spiro atoms. The van der Waals surface area contributed by atoms with Crippen molar-refractivity contribution in [2.75, 3.05) is 6.61 Å². The molecule has 0 bridgehead atoms. The predicted octanol–water partition coefficient (Wildman–Crippen LogP) is -1.94. The highest BCUT2D eigenvalue weighted by Crippen LogP contribution is 2.01. The topological polar surface area (TPSA) is 138 Å². The molecule has 0 aromatic heterocycles. The van der Waals surface area contributed by atoms with Crippen molar-refractivity contribution in [3.05, 3.63) is 0 Å². The summed E-state index contributed by atoms with van der Waals surface area (Å²) in [6, 6.07) is 0. The van der Waals surface area contributed by atoms with Crippen molar-refractivity contribution in [3.63, 3.8) is 0 Å². The summed E-state index contributed by atoms with van der Waals surface area (Å²) in [5.41, 5.74) is 0. The summed E-state index contributed by atoms with van der Waals surface area (Å²) in [5, 5.41) is 25.7. The maximum atomic E-state index is 10.8. The molecule has 0 fully saturated rings. The normalized spacial score (nSPS) is 13.9. The Balaban J connectivity index is 4.48. The highest BCUT2D eigenvalue weighted by atomic mass is 16.5. The minimum atomic E-state index is -2.31. The van der Waals surface area contributed by atoms with E-state index in [2.05, 4.69) is 4.74 Å². The van der Waals surface area contributed by atoms with Gasteiger partial charge in [0.15, 0.2) is 18.0 Å². The number of aliphatic hydroxyl groups is 1. The first-order valence-electron chi connectivity index (χ1n) is 4.06. The fourth-order valence-corrected chi connectivity index (χ4v) is 0.694. The molecule has 0 aliphatic rings. The Bertz CT molecular complexity index is 320. The number of carboxylic acid groups (broad SMARTS) is 2. The van der Waals surface area contributed by atoms with Crippen LogP contribution < -0.4 is 0 Å². The largest absolute Gasteiger partial charge is 0.479 e. The highest BCUT2D eigenvalue weighted by molar-refractivity contribution is 6.36. The van der Waals surface area contributed by atoms with Gasteiger partial charge in [-0.1, -0.05) is 0 Å². The monoisotopic (exact) mass is 234 g/mol. The first-order valence-corrected chi connectivity index (χ1v) is 4.06. The summed E-state index contributed by atoms with van der Waals surface area (Å²) in [5.74, 6) is -5.41. The summed E-state index contributed by atoms with van der Waals surface area (Å²) in [6.45, 7) is 0.0612. The fraction of sp³-hybridized carbons (Fsp3) is 0.500. The second-order valence-electron chi connectivity index (χ2n) is 2.83. The van der Waals surface area contributed by atoms with E-state index in [0.29, 0.717) is 0 Å². The first-order chi connectivity index (χ1) is 7.27. The predicted molar refractivity (Wildman–Crippen MR) is 46.7 cm³/mol. The van der Waals surface area contributed by atoms with Crippen molar-refractivity contribution in [2.45, 2.75) is 19.1 Å². The van der Waals surface area contributed by atoms with Crippen LogP contribution >= 0.6 is 0 Å². The Hall–Kier alpha value is -1.80. The second-order valence-corrected chi connectivity index (χ2v) is 2.83. The minimum absolute atomic E-state index is 0.853. The van der Waals surface area contributed by atoms with Gasteiger partial charge in [-0.15, -0.1) is 0 Å². The number of Topliss-reactive ketones (excluding diaryl/α,β-unsaturated/α-hetero) is 2. The number of ether oxygens (including phenoxy) is 1. The molecule has 0 radical (unpaired) electrons. The van der Waals surface area contributed by atoms with Crippen molar-refractivity contribution < 1.29 is 39.2 Å². The molecule has 0 saturated heterocycles. The van der Waals surface area contributed by atoms with Gasteiger partial charge in [-0.25, -0.2) is 9.59 Å². The Morgan fingerprint density at radius 3 is 1.94 bits per heavy atom. The average Bonchev–Trinajstić information content (AvgIpc) is 2.16. The molecule has 0 saturated carbocycles. The molecule has 0 amide bonds. The minimum Gasteiger partial charge on any atom is -0.479 e. The van der Waals surface area contributed by atoms with Crippen molar-refractivity contribution >= 4 is 23.5 Å². The standard InChI is InChI=1S/C8H10O8/c1-3(9)4(10)2-16-6(8(14)15)5(11)7(12)13/h5-6,11H,2H2,1H3,(H,12,13)(H,14,15). The van der Waals surface area contributed by atoms with E-state index in [1.807, 2.05) is 0 Å². The zero-order chi connectivity index (χ0) is 12.9. The number of ketones is 2. The number of hydrogen-bond donors (Lipinski definition) is 3. The van der Waals surface area contributed by atoms with Gasteiger partial charge in [0.25, 0.3) is 0 Å². The van der Waals surface area contributed by atoms with Gasteiger partial charge in [-0.3, -0.25) is 9.59 Å². The molecule has 0 aromatic rings. The van der Waals surface area contributed by atoms with Crippen LogP contribution in [0.2, 0.25) is 0 Å². The molecule has 16 heavy (non-hydrogen) atoms. The molecule has 2 atom stereocenters. The molecule has 0 rings (SSSR count). The SMILES string of the molecule is CC(=O)C(=O)COC(C(=O)O)C(O)C(=O)O. The van der Waals surface area contributed by atoms with Crippen molar-refractivity contribution in [1.29, 1.82) is 0 Å². The van der Waals surface area contributed by atoms with E-state index in [1.54, 1.807) is 0 Å². The first kappa shape index (κ1) is 14.2. The Morgan fingerprint density at radius 2 is 1.62 bits per heavy atom. The smallest absolute Gasteiger partial charge is 0.336 e. The molecule has 90 valence electrons. The van der Waals surface area contributed by atoms with Crippen LogP contribution in [-0.4, -0.2) is 57.6 Å². The number of carboxylic acids is 2. The lowest BCUT2D eigenvalue weighted by Crippen LogP contribution is -2.43. The van der Waals surface area contributed by atoms with Gasteiger partial charge >= 0.3 is 11.9 Å². The van der Waals surface area contributed by atoms with Crippen LogP contribution in [0.5, 0.6) is 0 Å². The van der Waals surface area contributed by atoms with E-state index >= 15 is 0 Å². The van der Waals surface area contributed by atoms with Gasteiger partial charge < -0.3 is 20.1 Å². The molecule has 8 heteroatoms. The number of carbonyl (C=O) groups is 4. The molecule has 3 N–H and O–H groups in total. The van der Waals surface area contributed by atoms with Crippen LogP contribution in [0.1, 0.15) is 6.92 Å². The van der Waals surface area contributed by atoms with Crippen LogP contribution in [0.4, 0.5) is 0 Å². The lowest BCUT2D eigenvalue weighted by atomic mass is 10.2. The van der Waals surface area contributed by atoms with E-state index in [9.17, 15) is 19.2 Å². The van der Waals surface area contributed by atoms with Crippen LogP contribution in [0, 0.1) is 0 Å². The van der Waals surface area contributed by atoms with Gasteiger partial charge in [-0.05, 0) is 0 Å². The third-order valence-electron chi connectivity index (χ3n) is 1.57.